The lowest BCUT2D eigenvalue weighted by atomic mass is 10.1. The largest absolute Gasteiger partial charge is 0.351 e. The molecule has 1 saturated heterocycles. The maximum absolute atomic E-state index is 12.4. The topological polar surface area (TPSA) is 105 Å². The average molecular weight is 291 g/mol. The molecule has 5 N–H and O–H groups in total. The first-order valence-electron chi connectivity index (χ1n) is 6.98. The second kappa shape index (κ2) is 7.05. The third-order valence-electron chi connectivity index (χ3n) is 3.48. The van der Waals surface area contributed by atoms with Crippen molar-refractivity contribution in [3.63, 3.8) is 0 Å². The SMILES string of the molecule is NCCN1CCN(C(=O)c2cccc(NC(N)=O)c2)CC1. The summed E-state index contributed by atoms with van der Waals surface area (Å²) >= 11 is 0. The number of carbonyl (C=O) groups is 2. The van der Waals surface area contributed by atoms with E-state index in [0.717, 1.165) is 19.6 Å². The summed E-state index contributed by atoms with van der Waals surface area (Å²) < 4.78 is 0. The molecule has 21 heavy (non-hydrogen) atoms. The summed E-state index contributed by atoms with van der Waals surface area (Å²) in [4.78, 5) is 27.4. The number of benzene rings is 1. The molecule has 0 spiro atoms. The van der Waals surface area contributed by atoms with Gasteiger partial charge in [-0.2, -0.15) is 0 Å². The number of primary amides is 1. The number of carbonyl (C=O) groups excluding carboxylic acids is 2. The van der Waals surface area contributed by atoms with Gasteiger partial charge in [0.2, 0.25) is 0 Å². The number of hydrogen-bond donors (Lipinski definition) is 3. The summed E-state index contributed by atoms with van der Waals surface area (Å²) in [5.41, 5.74) is 11.7. The van der Waals surface area contributed by atoms with Gasteiger partial charge in [-0.05, 0) is 18.2 Å². The van der Waals surface area contributed by atoms with Crippen molar-refractivity contribution in [2.24, 2.45) is 11.5 Å². The standard InChI is InChI=1S/C14H21N5O2/c15-4-5-18-6-8-19(9-7-18)13(20)11-2-1-3-12(10-11)17-14(16)21/h1-3,10H,4-9,15H2,(H3,16,17,21). The summed E-state index contributed by atoms with van der Waals surface area (Å²) in [6.45, 7) is 4.54. The van der Waals surface area contributed by atoms with E-state index in [1.54, 1.807) is 24.3 Å². The molecule has 2 rings (SSSR count). The van der Waals surface area contributed by atoms with Gasteiger partial charge in [0.25, 0.3) is 5.91 Å². The zero-order valence-electron chi connectivity index (χ0n) is 11.9. The molecule has 0 aromatic heterocycles. The van der Waals surface area contributed by atoms with Crippen LogP contribution in [0.3, 0.4) is 0 Å². The molecule has 114 valence electrons. The van der Waals surface area contributed by atoms with Crippen LogP contribution in [0.15, 0.2) is 24.3 Å². The van der Waals surface area contributed by atoms with Crippen molar-refractivity contribution in [2.45, 2.75) is 0 Å². The fraction of sp³-hybridized carbons (Fsp3) is 0.429. The van der Waals surface area contributed by atoms with Gasteiger partial charge in [-0.3, -0.25) is 9.69 Å². The summed E-state index contributed by atoms with van der Waals surface area (Å²) in [7, 11) is 0. The molecule has 1 aliphatic rings. The predicted molar refractivity (Wildman–Crippen MR) is 81.0 cm³/mol. The molecule has 1 aromatic carbocycles. The maximum Gasteiger partial charge on any atom is 0.316 e. The van der Waals surface area contributed by atoms with Gasteiger partial charge in [-0.15, -0.1) is 0 Å². The summed E-state index contributed by atoms with van der Waals surface area (Å²) in [6.07, 6.45) is 0. The lowest BCUT2D eigenvalue weighted by Gasteiger charge is -2.34. The highest BCUT2D eigenvalue weighted by Gasteiger charge is 2.21. The Kier molecular flexibility index (Phi) is 5.13. The second-order valence-electron chi connectivity index (χ2n) is 4.99. The molecule has 0 aliphatic carbocycles. The van der Waals surface area contributed by atoms with Crippen molar-refractivity contribution >= 4 is 17.6 Å². The Morgan fingerprint density at radius 2 is 1.90 bits per heavy atom. The molecule has 1 fully saturated rings. The number of nitrogens with two attached hydrogens (primary N) is 2. The van der Waals surface area contributed by atoms with Crippen LogP contribution >= 0.6 is 0 Å². The summed E-state index contributed by atoms with van der Waals surface area (Å²) in [6, 6.07) is 6.15. The van der Waals surface area contributed by atoms with Gasteiger partial charge in [0.15, 0.2) is 0 Å². The molecule has 0 unspecified atom stereocenters. The Hall–Kier alpha value is -2.12. The normalized spacial score (nSPS) is 15.8. The van der Waals surface area contributed by atoms with Gasteiger partial charge in [0.1, 0.15) is 0 Å². The van der Waals surface area contributed by atoms with E-state index in [2.05, 4.69) is 10.2 Å². The molecule has 1 aliphatic heterocycles. The fourth-order valence-corrected chi connectivity index (χ4v) is 2.41. The van der Waals surface area contributed by atoms with Crippen molar-refractivity contribution in [1.82, 2.24) is 9.80 Å². The first-order valence-corrected chi connectivity index (χ1v) is 6.98. The van der Waals surface area contributed by atoms with Crippen molar-refractivity contribution in [1.29, 1.82) is 0 Å². The van der Waals surface area contributed by atoms with E-state index in [9.17, 15) is 9.59 Å². The van der Waals surface area contributed by atoms with Gasteiger partial charge >= 0.3 is 6.03 Å². The molecular formula is C14H21N5O2. The lowest BCUT2D eigenvalue weighted by Crippen LogP contribution is -2.49. The highest BCUT2D eigenvalue weighted by molar-refractivity contribution is 5.96. The Bertz CT molecular complexity index is 512. The molecule has 0 saturated carbocycles. The van der Waals surface area contributed by atoms with Crippen LogP contribution in [-0.2, 0) is 0 Å². The zero-order chi connectivity index (χ0) is 15.2. The number of piperazine rings is 1. The fourth-order valence-electron chi connectivity index (χ4n) is 2.41. The third kappa shape index (κ3) is 4.17. The molecule has 0 radical (unpaired) electrons. The molecule has 0 atom stereocenters. The average Bonchev–Trinajstić information content (AvgIpc) is 2.47. The van der Waals surface area contributed by atoms with Crippen molar-refractivity contribution in [3.8, 4) is 0 Å². The number of urea groups is 1. The van der Waals surface area contributed by atoms with Crippen LogP contribution in [0.1, 0.15) is 10.4 Å². The number of anilines is 1. The van der Waals surface area contributed by atoms with E-state index in [4.69, 9.17) is 11.5 Å². The highest BCUT2D eigenvalue weighted by Crippen LogP contribution is 2.14. The summed E-state index contributed by atoms with van der Waals surface area (Å²) in [5, 5.41) is 2.47. The van der Waals surface area contributed by atoms with Crippen molar-refractivity contribution in [3.05, 3.63) is 29.8 Å². The second-order valence-corrected chi connectivity index (χ2v) is 4.99. The molecule has 0 bridgehead atoms. The Morgan fingerprint density at radius 1 is 1.19 bits per heavy atom. The molecular weight excluding hydrogens is 270 g/mol. The van der Waals surface area contributed by atoms with Crippen LogP contribution in [0.25, 0.3) is 0 Å². The molecule has 7 heteroatoms. The first-order chi connectivity index (χ1) is 10.1. The third-order valence-corrected chi connectivity index (χ3v) is 3.48. The lowest BCUT2D eigenvalue weighted by molar-refractivity contribution is 0.0641. The number of nitrogens with one attached hydrogen (secondary N) is 1. The van der Waals surface area contributed by atoms with Gasteiger partial charge in [0.05, 0.1) is 0 Å². The number of amides is 3. The predicted octanol–water partition coefficient (Wildman–Crippen LogP) is -0.106. The van der Waals surface area contributed by atoms with E-state index in [-0.39, 0.29) is 5.91 Å². The van der Waals surface area contributed by atoms with Crippen LogP contribution in [-0.4, -0.2) is 61.0 Å². The van der Waals surface area contributed by atoms with E-state index in [1.165, 1.54) is 0 Å². The Balaban J connectivity index is 1.99. The van der Waals surface area contributed by atoms with E-state index < -0.39 is 6.03 Å². The monoisotopic (exact) mass is 291 g/mol. The minimum atomic E-state index is -0.644. The number of rotatable bonds is 4. The zero-order valence-corrected chi connectivity index (χ0v) is 11.9. The van der Waals surface area contributed by atoms with Gasteiger partial charge < -0.3 is 21.7 Å². The van der Waals surface area contributed by atoms with E-state index >= 15 is 0 Å². The molecule has 1 aromatic rings. The van der Waals surface area contributed by atoms with Crippen LogP contribution in [0.2, 0.25) is 0 Å². The minimum absolute atomic E-state index is 0.0319. The van der Waals surface area contributed by atoms with E-state index in [1.807, 2.05) is 4.90 Å². The van der Waals surface area contributed by atoms with Gasteiger partial charge in [0, 0.05) is 50.5 Å². The molecule has 7 nitrogen and oxygen atoms in total. The smallest absolute Gasteiger partial charge is 0.316 e. The van der Waals surface area contributed by atoms with Gasteiger partial charge in [-0.25, -0.2) is 4.79 Å². The van der Waals surface area contributed by atoms with Crippen molar-refractivity contribution < 1.29 is 9.59 Å². The number of nitrogens with zero attached hydrogens (tertiary/aromatic N) is 2. The molecule has 3 amide bonds. The van der Waals surface area contributed by atoms with Gasteiger partial charge in [-0.1, -0.05) is 6.07 Å². The summed E-state index contributed by atoms with van der Waals surface area (Å²) in [5.74, 6) is -0.0319. The van der Waals surface area contributed by atoms with E-state index in [0.29, 0.717) is 30.9 Å². The van der Waals surface area contributed by atoms with Crippen LogP contribution in [0.5, 0.6) is 0 Å². The van der Waals surface area contributed by atoms with Crippen LogP contribution < -0.4 is 16.8 Å². The minimum Gasteiger partial charge on any atom is -0.351 e. The Morgan fingerprint density at radius 3 is 2.52 bits per heavy atom. The quantitative estimate of drug-likeness (QED) is 0.720. The highest BCUT2D eigenvalue weighted by atomic mass is 16.2. The van der Waals surface area contributed by atoms with Crippen LogP contribution in [0, 0.1) is 0 Å². The van der Waals surface area contributed by atoms with Crippen LogP contribution in [0.4, 0.5) is 10.5 Å². The van der Waals surface area contributed by atoms with Crippen molar-refractivity contribution in [2.75, 3.05) is 44.6 Å². The molecule has 1 heterocycles. The Labute approximate surface area is 123 Å². The maximum atomic E-state index is 12.4. The first kappa shape index (κ1) is 15.3. The number of hydrogen-bond acceptors (Lipinski definition) is 4.